The number of likely N-dealkylation sites (N-methyl/N-ethyl adjacent to an activating group) is 1. The van der Waals surface area contributed by atoms with Crippen LogP contribution in [-0.4, -0.2) is 46.5 Å². The zero-order valence-electron chi connectivity index (χ0n) is 8.44. The lowest BCUT2D eigenvalue weighted by molar-refractivity contribution is -0.241. The van der Waals surface area contributed by atoms with Gasteiger partial charge < -0.3 is 10.2 Å². The number of hydroxylamine groups is 2. The molecule has 0 bridgehead atoms. The molecule has 5 nitrogen and oxygen atoms in total. The number of hydrogen-bond acceptors (Lipinski definition) is 4. The van der Waals surface area contributed by atoms with Crippen molar-refractivity contribution in [2.75, 3.05) is 13.7 Å². The standard InChI is InChI=1S/C8H17NO4/c1-8(2,3)13-9(4)6(5-10)7(11)12/h6,10H,5H2,1-4H3,(H,11,12)/t6-/m0/s1. The normalized spacial score (nSPS) is 14.6. The molecule has 0 saturated heterocycles. The molecule has 5 heteroatoms. The van der Waals surface area contributed by atoms with E-state index in [-0.39, 0.29) is 0 Å². The first-order valence-electron chi connectivity index (χ1n) is 4.03. The maximum absolute atomic E-state index is 10.6. The van der Waals surface area contributed by atoms with Crippen molar-refractivity contribution in [2.45, 2.75) is 32.4 Å². The Balaban J connectivity index is 4.22. The van der Waals surface area contributed by atoms with E-state index in [9.17, 15) is 4.79 Å². The van der Waals surface area contributed by atoms with E-state index in [2.05, 4.69) is 0 Å². The smallest absolute Gasteiger partial charge is 0.325 e. The Bertz CT molecular complexity index is 175. The van der Waals surface area contributed by atoms with Crippen LogP contribution in [0.1, 0.15) is 20.8 Å². The van der Waals surface area contributed by atoms with Gasteiger partial charge in [-0.25, -0.2) is 0 Å². The van der Waals surface area contributed by atoms with Gasteiger partial charge in [0.05, 0.1) is 12.2 Å². The van der Waals surface area contributed by atoms with Crippen LogP contribution in [0, 0.1) is 0 Å². The molecular formula is C8H17NO4. The minimum atomic E-state index is -1.10. The summed E-state index contributed by atoms with van der Waals surface area (Å²) in [4.78, 5) is 15.8. The number of hydrogen-bond donors (Lipinski definition) is 2. The van der Waals surface area contributed by atoms with Crippen LogP contribution in [0.25, 0.3) is 0 Å². The molecule has 0 unspecified atom stereocenters. The number of aliphatic hydroxyl groups is 1. The summed E-state index contributed by atoms with van der Waals surface area (Å²) in [5.74, 6) is -1.10. The number of aliphatic hydroxyl groups excluding tert-OH is 1. The zero-order valence-corrected chi connectivity index (χ0v) is 8.44. The SMILES string of the molecule is CN(OC(C)(C)C)[C@@H](CO)C(=O)O. The predicted molar refractivity (Wildman–Crippen MR) is 47.1 cm³/mol. The van der Waals surface area contributed by atoms with Crippen molar-refractivity contribution in [3.63, 3.8) is 0 Å². The summed E-state index contributed by atoms with van der Waals surface area (Å²) in [5, 5.41) is 18.6. The van der Waals surface area contributed by atoms with E-state index in [0.717, 1.165) is 5.06 Å². The highest BCUT2D eigenvalue weighted by atomic mass is 16.7. The van der Waals surface area contributed by atoms with E-state index in [1.54, 1.807) is 20.8 Å². The second-order valence-electron chi connectivity index (χ2n) is 3.79. The Kier molecular flexibility index (Phi) is 4.32. The van der Waals surface area contributed by atoms with Crippen molar-refractivity contribution >= 4 is 5.97 Å². The van der Waals surface area contributed by atoms with Crippen LogP contribution in [0.5, 0.6) is 0 Å². The van der Waals surface area contributed by atoms with Crippen LogP contribution >= 0.6 is 0 Å². The van der Waals surface area contributed by atoms with Crippen molar-refractivity contribution < 1.29 is 19.8 Å². The molecule has 0 aromatic rings. The Morgan fingerprint density at radius 1 is 1.54 bits per heavy atom. The van der Waals surface area contributed by atoms with Gasteiger partial charge >= 0.3 is 5.97 Å². The Morgan fingerprint density at radius 2 is 2.00 bits per heavy atom. The highest BCUT2D eigenvalue weighted by Crippen LogP contribution is 2.11. The molecule has 0 aromatic carbocycles. The summed E-state index contributed by atoms with van der Waals surface area (Å²) >= 11 is 0. The molecule has 0 amide bonds. The van der Waals surface area contributed by atoms with Crippen molar-refractivity contribution in [1.29, 1.82) is 0 Å². The summed E-state index contributed by atoms with van der Waals surface area (Å²) in [6, 6.07) is -1.01. The average Bonchev–Trinajstić information content (AvgIpc) is 1.82. The zero-order chi connectivity index (χ0) is 10.6. The minimum absolute atomic E-state index is 0.461. The van der Waals surface area contributed by atoms with Crippen LogP contribution in [0.15, 0.2) is 0 Å². The highest BCUT2D eigenvalue weighted by Gasteiger charge is 2.26. The topological polar surface area (TPSA) is 70.0 Å². The number of rotatable bonds is 4. The molecule has 0 aliphatic heterocycles. The summed E-state index contributed by atoms with van der Waals surface area (Å²) in [6.45, 7) is 4.95. The molecule has 0 radical (unpaired) electrons. The fourth-order valence-corrected chi connectivity index (χ4v) is 0.844. The highest BCUT2D eigenvalue weighted by molar-refractivity contribution is 5.73. The fraction of sp³-hybridized carbons (Fsp3) is 0.875. The number of carbonyl (C=O) groups is 1. The lowest BCUT2D eigenvalue weighted by Crippen LogP contribution is -2.44. The number of carboxylic acid groups (broad SMARTS) is 1. The van der Waals surface area contributed by atoms with Gasteiger partial charge in [-0.1, -0.05) is 0 Å². The average molecular weight is 191 g/mol. The summed E-state index contributed by atoms with van der Waals surface area (Å²) in [7, 11) is 1.49. The van der Waals surface area contributed by atoms with Gasteiger partial charge in [0.25, 0.3) is 0 Å². The molecule has 0 aromatic heterocycles. The fourth-order valence-electron chi connectivity index (χ4n) is 0.844. The Hall–Kier alpha value is -0.650. The van der Waals surface area contributed by atoms with Gasteiger partial charge in [0.15, 0.2) is 6.04 Å². The number of carboxylic acids is 1. The van der Waals surface area contributed by atoms with Gasteiger partial charge in [-0.15, -0.1) is 0 Å². The Morgan fingerprint density at radius 3 is 2.23 bits per heavy atom. The van der Waals surface area contributed by atoms with Gasteiger partial charge in [-0.3, -0.25) is 9.63 Å². The van der Waals surface area contributed by atoms with E-state index in [1.165, 1.54) is 7.05 Å². The molecule has 0 aliphatic rings. The first-order chi connectivity index (χ1) is 5.78. The van der Waals surface area contributed by atoms with Crippen LogP contribution in [0.4, 0.5) is 0 Å². The van der Waals surface area contributed by atoms with Gasteiger partial charge in [-0.2, -0.15) is 5.06 Å². The van der Waals surface area contributed by atoms with Gasteiger partial charge in [0, 0.05) is 7.05 Å². The second kappa shape index (κ2) is 4.55. The minimum Gasteiger partial charge on any atom is -0.480 e. The molecule has 0 saturated carbocycles. The van der Waals surface area contributed by atoms with Crippen molar-refractivity contribution in [1.82, 2.24) is 5.06 Å². The predicted octanol–water partition coefficient (Wildman–Crippen LogP) is 0.0938. The summed E-state index contributed by atoms with van der Waals surface area (Å²) < 4.78 is 0. The first kappa shape index (κ1) is 12.3. The molecule has 0 spiro atoms. The largest absolute Gasteiger partial charge is 0.480 e. The van der Waals surface area contributed by atoms with E-state index in [4.69, 9.17) is 15.1 Å². The van der Waals surface area contributed by atoms with Crippen molar-refractivity contribution in [3.05, 3.63) is 0 Å². The van der Waals surface area contributed by atoms with E-state index >= 15 is 0 Å². The van der Waals surface area contributed by atoms with Gasteiger partial charge in [0.1, 0.15) is 0 Å². The number of nitrogens with zero attached hydrogens (tertiary/aromatic N) is 1. The third kappa shape index (κ3) is 4.82. The van der Waals surface area contributed by atoms with Gasteiger partial charge in [0.2, 0.25) is 0 Å². The molecule has 0 rings (SSSR count). The van der Waals surface area contributed by atoms with Crippen molar-refractivity contribution in [3.8, 4) is 0 Å². The molecule has 0 heterocycles. The third-order valence-corrected chi connectivity index (χ3v) is 1.31. The summed E-state index contributed by atoms with van der Waals surface area (Å²) in [6.07, 6.45) is 0. The lowest BCUT2D eigenvalue weighted by Gasteiger charge is -2.29. The maximum Gasteiger partial charge on any atom is 0.325 e. The Labute approximate surface area is 77.9 Å². The van der Waals surface area contributed by atoms with E-state index in [1.807, 2.05) is 0 Å². The molecule has 0 fully saturated rings. The third-order valence-electron chi connectivity index (χ3n) is 1.31. The number of aliphatic carboxylic acids is 1. The molecule has 13 heavy (non-hydrogen) atoms. The molecule has 78 valence electrons. The second-order valence-corrected chi connectivity index (χ2v) is 3.79. The van der Waals surface area contributed by atoms with Crippen LogP contribution < -0.4 is 0 Å². The van der Waals surface area contributed by atoms with E-state index < -0.39 is 24.2 Å². The molecular weight excluding hydrogens is 174 g/mol. The van der Waals surface area contributed by atoms with E-state index in [0.29, 0.717) is 0 Å². The van der Waals surface area contributed by atoms with Crippen LogP contribution in [0.2, 0.25) is 0 Å². The van der Waals surface area contributed by atoms with Crippen LogP contribution in [0.3, 0.4) is 0 Å². The molecule has 1 atom stereocenters. The maximum atomic E-state index is 10.6. The monoisotopic (exact) mass is 191 g/mol. The molecule has 2 N–H and O–H groups in total. The van der Waals surface area contributed by atoms with Gasteiger partial charge in [-0.05, 0) is 20.8 Å². The lowest BCUT2D eigenvalue weighted by atomic mass is 10.2. The first-order valence-corrected chi connectivity index (χ1v) is 4.03. The molecule has 0 aliphatic carbocycles. The van der Waals surface area contributed by atoms with Crippen LogP contribution in [-0.2, 0) is 9.63 Å². The summed E-state index contributed by atoms with van der Waals surface area (Å²) in [5.41, 5.74) is -0.461. The van der Waals surface area contributed by atoms with Crippen molar-refractivity contribution in [2.24, 2.45) is 0 Å². The quantitative estimate of drug-likeness (QED) is 0.616.